The van der Waals surface area contributed by atoms with E-state index in [1.165, 1.54) is 11.0 Å². The molecule has 0 heterocycles. The predicted octanol–water partition coefficient (Wildman–Crippen LogP) is 1.95. The summed E-state index contributed by atoms with van der Waals surface area (Å²) in [5.74, 6) is -0.618. The van der Waals surface area contributed by atoms with E-state index in [4.69, 9.17) is 0 Å². The van der Waals surface area contributed by atoms with Gasteiger partial charge in [-0.2, -0.15) is 0 Å². The molecule has 2 rings (SSSR count). The molecule has 1 aliphatic rings. The molecule has 0 bridgehead atoms. The highest BCUT2D eigenvalue weighted by Gasteiger charge is 2.45. The summed E-state index contributed by atoms with van der Waals surface area (Å²) in [4.78, 5) is 13.5. The number of rotatable bonds is 3. The van der Waals surface area contributed by atoms with Gasteiger partial charge in [0, 0.05) is 7.05 Å². The highest BCUT2D eigenvalue weighted by molar-refractivity contribution is 5.97. The predicted molar refractivity (Wildman–Crippen MR) is 63.2 cm³/mol. The summed E-state index contributed by atoms with van der Waals surface area (Å²) in [7, 11) is 1.55. The number of carbonyl (C=O) groups is 1. The Hall–Kier alpha value is -1.42. The molecule has 1 aliphatic carbocycles. The van der Waals surface area contributed by atoms with E-state index in [-0.39, 0.29) is 18.2 Å². The van der Waals surface area contributed by atoms with E-state index in [1.54, 1.807) is 25.2 Å². The lowest BCUT2D eigenvalue weighted by Gasteiger charge is -2.41. The van der Waals surface area contributed by atoms with Gasteiger partial charge in [0.05, 0.1) is 17.7 Å². The minimum Gasteiger partial charge on any atom is -0.395 e. The first-order valence-corrected chi connectivity index (χ1v) is 5.74. The van der Waals surface area contributed by atoms with E-state index in [0.29, 0.717) is 12.8 Å². The lowest BCUT2D eigenvalue weighted by Crippen LogP contribution is -2.49. The third-order valence-electron chi connectivity index (χ3n) is 3.59. The molecule has 0 saturated heterocycles. The Bertz CT molecular complexity index is 424. The van der Waals surface area contributed by atoms with E-state index < -0.39 is 11.2 Å². The molecule has 1 amide bonds. The molecule has 0 atom stereocenters. The zero-order valence-corrected chi connectivity index (χ0v) is 9.82. The summed E-state index contributed by atoms with van der Waals surface area (Å²) in [5.41, 5.74) is -0.422. The summed E-state index contributed by atoms with van der Waals surface area (Å²) in [5, 5.41) is 9.33. The molecule has 17 heavy (non-hydrogen) atoms. The number of amides is 1. The van der Waals surface area contributed by atoms with Crippen LogP contribution in [0.5, 0.6) is 0 Å². The van der Waals surface area contributed by atoms with Crippen molar-refractivity contribution in [2.24, 2.45) is 5.41 Å². The average molecular weight is 237 g/mol. The zero-order valence-electron chi connectivity index (χ0n) is 9.82. The van der Waals surface area contributed by atoms with Gasteiger partial charge in [-0.25, -0.2) is 4.39 Å². The third-order valence-corrected chi connectivity index (χ3v) is 3.59. The summed E-state index contributed by atoms with van der Waals surface area (Å²) in [6.45, 7) is -0.162. The molecule has 0 aliphatic heterocycles. The van der Waals surface area contributed by atoms with Gasteiger partial charge < -0.3 is 10.0 Å². The third kappa shape index (κ3) is 1.93. The number of hydrogen-bond donors (Lipinski definition) is 1. The van der Waals surface area contributed by atoms with E-state index in [1.807, 2.05) is 0 Å². The van der Waals surface area contributed by atoms with Crippen LogP contribution in [0.3, 0.4) is 0 Å². The number of anilines is 1. The van der Waals surface area contributed by atoms with Gasteiger partial charge in [0.15, 0.2) is 0 Å². The number of carbonyl (C=O) groups excluding carboxylic acids is 1. The Kier molecular flexibility index (Phi) is 3.15. The second kappa shape index (κ2) is 4.45. The summed E-state index contributed by atoms with van der Waals surface area (Å²) in [6.07, 6.45) is 2.31. The number of nitrogens with zero attached hydrogens (tertiary/aromatic N) is 1. The van der Waals surface area contributed by atoms with Crippen molar-refractivity contribution >= 4 is 11.6 Å². The van der Waals surface area contributed by atoms with Crippen molar-refractivity contribution in [2.45, 2.75) is 19.3 Å². The van der Waals surface area contributed by atoms with Crippen molar-refractivity contribution in [1.82, 2.24) is 0 Å². The normalized spacial score (nSPS) is 17.4. The van der Waals surface area contributed by atoms with E-state index >= 15 is 0 Å². The first kappa shape index (κ1) is 12.0. The van der Waals surface area contributed by atoms with Crippen LogP contribution in [0.2, 0.25) is 0 Å². The Morgan fingerprint density at radius 2 is 2.12 bits per heavy atom. The Labute approximate surface area is 99.9 Å². The molecule has 92 valence electrons. The molecular formula is C13H16FNO2. The second-order valence-electron chi connectivity index (χ2n) is 4.61. The van der Waals surface area contributed by atoms with Crippen LogP contribution in [0.4, 0.5) is 10.1 Å². The first-order valence-electron chi connectivity index (χ1n) is 5.74. The Morgan fingerprint density at radius 3 is 2.59 bits per heavy atom. The number of benzene rings is 1. The monoisotopic (exact) mass is 237 g/mol. The number of halogens is 1. The quantitative estimate of drug-likeness (QED) is 0.873. The minimum atomic E-state index is -0.684. The summed E-state index contributed by atoms with van der Waals surface area (Å²) >= 11 is 0. The van der Waals surface area contributed by atoms with Crippen LogP contribution in [0, 0.1) is 11.2 Å². The van der Waals surface area contributed by atoms with Crippen LogP contribution in [-0.4, -0.2) is 24.7 Å². The van der Waals surface area contributed by atoms with Gasteiger partial charge in [-0.15, -0.1) is 0 Å². The number of hydrogen-bond acceptors (Lipinski definition) is 2. The maximum atomic E-state index is 13.6. The van der Waals surface area contributed by atoms with Gasteiger partial charge in [0.25, 0.3) is 0 Å². The Balaban J connectivity index is 2.23. The topological polar surface area (TPSA) is 40.5 Å². The molecule has 1 fully saturated rings. The maximum Gasteiger partial charge on any atom is 0.235 e. The Morgan fingerprint density at radius 1 is 1.47 bits per heavy atom. The van der Waals surface area contributed by atoms with Crippen molar-refractivity contribution in [3.8, 4) is 0 Å². The van der Waals surface area contributed by atoms with Gasteiger partial charge in [-0.1, -0.05) is 18.6 Å². The maximum absolute atomic E-state index is 13.6. The molecular weight excluding hydrogens is 221 g/mol. The van der Waals surface area contributed by atoms with Crippen molar-refractivity contribution in [3.05, 3.63) is 30.1 Å². The fourth-order valence-corrected chi connectivity index (χ4v) is 2.23. The lowest BCUT2D eigenvalue weighted by atomic mass is 9.68. The summed E-state index contributed by atoms with van der Waals surface area (Å²) in [6, 6.07) is 6.17. The van der Waals surface area contributed by atoms with Crippen molar-refractivity contribution in [2.75, 3.05) is 18.6 Å². The van der Waals surface area contributed by atoms with Crippen LogP contribution in [0.1, 0.15) is 19.3 Å². The standard InChI is InChI=1S/C13H16FNO2/c1-15(11-6-3-2-5-10(11)14)12(17)13(9-16)7-4-8-13/h2-3,5-6,16H,4,7-9H2,1H3. The van der Waals surface area contributed by atoms with E-state index in [0.717, 1.165) is 6.42 Å². The van der Waals surface area contributed by atoms with Gasteiger partial charge in [-0.05, 0) is 25.0 Å². The van der Waals surface area contributed by atoms with Gasteiger partial charge >= 0.3 is 0 Å². The highest BCUT2D eigenvalue weighted by Crippen LogP contribution is 2.42. The lowest BCUT2D eigenvalue weighted by molar-refractivity contribution is -0.136. The van der Waals surface area contributed by atoms with Crippen molar-refractivity contribution < 1.29 is 14.3 Å². The van der Waals surface area contributed by atoms with Gasteiger partial charge in [0.1, 0.15) is 5.82 Å². The molecule has 0 spiro atoms. The SMILES string of the molecule is CN(C(=O)C1(CO)CCC1)c1ccccc1F. The summed E-state index contributed by atoms with van der Waals surface area (Å²) < 4.78 is 13.6. The van der Waals surface area contributed by atoms with Gasteiger partial charge in [-0.3, -0.25) is 4.79 Å². The van der Waals surface area contributed by atoms with E-state index in [9.17, 15) is 14.3 Å². The number of aliphatic hydroxyl groups is 1. The van der Waals surface area contributed by atoms with Crippen LogP contribution in [0.15, 0.2) is 24.3 Å². The van der Waals surface area contributed by atoms with Crippen LogP contribution < -0.4 is 4.90 Å². The molecule has 0 radical (unpaired) electrons. The average Bonchev–Trinajstić information content (AvgIpc) is 2.28. The molecule has 0 unspecified atom stereocenters. The largest absolute Gasteiger partial charge is 0.395 e. The molecule has 4 heteroatoms. The molecule has 1 N–H and O–H groups in total. The fraction of sp³-hybridized carbons (Fsp3) is 0.462. The van der Waals surface area contributed by atoms with Crippen LogP contribution in [-0.2, 0) is 4.79 Å². The number of para-hydroxylation sites is 1. The molecule has 3 nitrogen and oxygen atoms in total. The van der Waals surface area contributed by atoms with Crippen molar-refractivity contribution in [3.63, 3.8) is 0 Å². The first-order chi connectivity index (χ1) is 8.10. The van der Waals surface area contributed by atoms with Gasteiger partial charge in [0.2, 0.25) is 5.91 Å². The minimum absolute atomic E-state index is 0.162. The second-order valence-corrected chi connectivity index (χ2v) is 4.61. The fourth-order valence-electron chi connectivity index (χ4n) is 2.23. The number of aliphatic hydroxyl groups excluding tert-OH is 1. The van der Waals surface area contributed by atoms with E-state index in [2.05, 4.69) is 0 Å². The molecule has 1 saturated carbocycles. The highest BCUT2D eigenvalue weighted by atomic mass is 19.1. The molecule has 1 aromatic rings. The van der Waals surface area contributed by atoms with Crippen molar-refractivity contribution in [1.29, 1.82) is 0 Å². The van der Waals surface area contributed by atoms with Crippen LogP contribution in [0.25, 0.3) is 0 Å². The van der Waals surface area contributed by atoms with Crippen LogP contribution >= 0.6 is 0 Å². The molecule has 1 aromatic carbocycles. The molecule has 0 aromatic heterocycles. The zero-order chi connectivity index (χ0) is 12.5. The smallest absolute Gasteiger partial charge is 0.235 e.